The number of amides is 1. The molecular formula is C23H19ClN2O2. The van der Waals surface area contributed by atoms with Crippen LogP contribution in [0.4, 0.5) is 5.69 Å². The van der Waals surface area contributed by atoms with Gasteiger partial charge < -0.3 is 9.73 Å². The van der Waals surface area contributed by atoms with Crippen LogP contribution < -0.4 is 5.32 Å². The van der Waals surface area contributed by atoms with Gasteiger partial charge in [-0.25, -0.2) is 4.98 Å². The van der Waals surface area contributed by atoms with Gasteiger partial charge in [-0.05, 0) is 66.9 Å². The second kappa shape index (κ2) is 7.49. The Bertz CT molecular complexity index is 1160. The highest BCUT2D eigenvalue weighted by Crippen LogP contribution is 2.29. The first-order valence-electron chi connectivity index (χ1n) is 9.11. The highest BCUT2D eigenvalue weighted by atomic mass is 35.5. The van der Waals surface area contributed by atoms with E-state index in [0.29, 0.717) is 27.6 Å². The molecule has 4 nitrogen and oxygen atoms in total. The van der Waals surface area contributed by atoms with Gasteiger partial charge in [0.25, 0.3) is 5.91 Å². The van der Waals surface area contributed by atoms with Crippen LogP contribution in [-0.4, -0.2) is 10.9 Å². The molecule has 0 radical (unpaired) electrons. The monoisotopic (exact) mass is 390 g/mol. The van der Waals surface area contributed by atoms with Gasteiger partial charge in [-0.15, -0.1) is 0 Å². The van der Waals surface area contributed by atoms with Crippen molar-refractivity contribution >= 4 is 34.3 Å². The topological polar surface area (TPSA) is 55.1 Å². The summed E-state index contributed by atoms with van der Waals surface area (Å²) < 4.78 is 5.84. The molecule has 1 N–H and O–H groups in total. The second-order valence-corrected chi connectivity index (χ2v) is 7.10. The summed E-state index contributed by atoms with van der Waals surface area (Å²) in [6.45, 7) is 4.04. The number of hydrogen-bond acceptors (Lipinski definition) is 3. The van der Waals surface area contributed by atoms with Gasteiger partial charge in [0.2, 0.25) is 5.89 Å². The molecule has 0 aliphatic rings. The fourth-order valence-electron chi connectivity index (χ4n) is 3.00. The smallest absolute Gasteiger partial charge is 0.255 e. The number of carbonyl (C=O) groups is 1. The van der Waals surface area contributed by atoms with Crippen molar-refractivity contribution in [2.45, 2.75) is 20.3 Å². The maximum atomic E-state index is 12.6. The van der Waals surface area contributed by atoms with E-state index in [-0.39, 0.29) is 5.91 Å². The number of hydrogen-bond donors (Lipinski definition) is 1. The van der Waals surface area contributed by atoms with E-state index in [2.05, 4.69) is 17.2 Å². The van der Waals surface area contributed by atoms with E-state index in [1.54, 1.807) is 18.2 Å². The Labute approximate surface area is 168 Å². The summed E-state index contributed by atoms with van der Waals surface area (Å²) in [6, 6.07) is 18.7. The minimum Gasteiger partial charge on any atom is -0.436 e. The van der Waals surface area contributed by atoms with Crippen molar-refractivity contribution in [3.05, 3.63) is 82.4 Å². The largest absolute Gasteiger partial charge is 0.436 e. The molecule has 0 fully saturated rings. The summed E-state index contributed by atoms with van der Waals surface area (Å²) in [5.74, 6) is 0.340. The first kappa shape index (κ1) is 18.3. The predicted molar refractivity (Wildman–Crippen MR) is 113 cm³/mol. The molecule has 0 spiro atoms. The van der Waals surface area contributed by atoms with Gasteiger partial charge in [-0.1, -0.05) is 36.7 Å². The van der Waals surface area contributed by atoms with E-state index < -0.39 is 0 Å². The van der Waals surface area contributed by atoms with Crippen molar-refractivity contribution in [3.8, 4) is 11.5 Å². The number of nitrogens with zero attached hydrogens (tertiary/aromatic N) is 1. The molecular weight excluding hydrogens is 372 g/mol. The lowest BCUT2D eigenvalue weighted by atomic mass is 10.1. The zero-order valence-corrected chi connectivity index (χ0v) is 16.4. The Morgan fingerprint density at radius 1 is 1.07 bits per heavy atom. The van der Waals surface area contributed by atoms with Crippen LogP contribution in [0.25, 0.3) is 22.6 Å². The quantitative estimate of drug-likeness (QED) is 0.446. The van der Waals surface area contributed by atoms with E-state index >= 15 is 0 Å². The van der Waals surface area contributed by atoms with Crippen molar-refractivity contribution in [1.82, 2.24) is 4.98 Å². The molecule has 28 heavy (non-hydrogen) atoms. The number of nitrogens with one attached hydrogen (secondary N) is 1. The van der Waals surface area contributed by atoms with Gasteiger partial charge in [-0.3, -0.25) is 4.79 Å². The molecule has 3 aromatic carbocycles. The third-order valence-corrected chi connectivity index (χ3v) is 4.94. The predicted octanol–water partition coefficient (Wildman–Crippen LogP) is 6.27. The Hall–Kier alpha value is -3.11. The molecule has 140 valence electrons. The molecule has 1 heterocycles. The first-order valence-corrected chi connectivity index (χ1v) is 9.48. The van der Waals surface area contributed by atoms with Gasteiger partial charge in [0.1, 0.15) is 5.52 Å². The number of oxazole rings is 1. The number of anilines is 1. The van der Waals surface area contributed by atoms with Crippen LogP contribution in [0.5, 0.6) is 0 Å². The average molecular weight is 391 g/mol. The van der Waals surface area contributed by atoms with Crippen molar-refractivity contribution < 1.29 is 9.21 Å². The molecule has 0 aliphatic heterocycles. The molecule has 5 heteroatoms. The average Bonchev–Trinajstić information content (AvgIpc) is 3.12. The van der Waals surface area contributed by atoms with Gasteiger partial charge in [0.05, 0.1) is 0 Å². The lowest BCUT2D eigenvalue weighted by Gasteiger charge is -2.10. The maximum absolute atomic E-state index is 12.6. The van der Waals surface area contributed by atoms with E-state index in [9.17, 15) is 4.79 Å². The third-order valence-electron chi connectivity index (χ3n) is 4.71. The van der Waals surface area contributed by atoms with Crippen LogP contribution in [0, 0.1) is 6.92 Å². The number of aryl methyl sites for hydroxylation is 2. The van der Waals surface area contributed by atoms with Crippen LogP contribution in [-0.2, 0) is 6.42 Å². The normalized spacial score (nSPS) is 11.0. The Morgan fingerprint density at radius 2 is 1.86 bits per heavy atom. The van der Waals surface area contributed by atoms with Crippen molar-refractivity contribution in [2.24, 2.45) is 0 Å². The zero-order chi connectivity index (χ0) is 19.7. The molecule has 4 aromatic rings. The molecule has 0 aliphatic carbocycles. The third kappa shape index (κ3) is 3.64. The first-order chi connectivity index (χ1) is 13.5. The van der Waals surface area contributed by atoms with E-state index in [0.717, 1.165) is 23.2 Å². The molecule has 1 aromatic heterocycles. The Morgan fingerprint density at radius 3 is 2.61 bits per heavy atom. The number of carbonyl (C=O) groups excluding carboxylic acids is 1. The van der Waals surface area contributed by atoms with E-state index in [1.807, 2.05) is 49.4 Å². The molecule has 0 unspecified atom stereocenters. The van der Waals surface area contributed by atoms with Crippen molar-refractivity contribution in [3.63, 3.8) is 0 Å². The van der Waals surface area contributed by atoms with E-state index in [1.165, 1.54) is 5.56 Å². The number of benzene rings is 3. The Kier molecular flexibility index (Phi) is 4.88. The fraction of sp³-hybridized carbons (Fsp3) is 0.130. The number of aromatic nitrogens is 1. The van der Waals surface area contributed by atoms with Crippen LogP contribution in [0.15, 0.2) is 65.1 Å². The second-order valence-electron chi connectivity index (χ2n) is 6.67. The molecule has 0 atom stereocenters. The molecule has 0 bridgehead atoms. The number of fused-ring (bicyclic) bond motifs is 1. The highest BCUT2D eigenvalue weighted by molar-refractivity contribution is 6.31. The van der Waals surface area contributed by atoms with Gasteiger partial charge >= 0.3 is 0 Å². The summed E-state index contributed by atoms with van der Waals surface area (Å²) in [6.07, 6.45) is 0.943. The minimum atomic E-state index is -0.146. The van der Waals surface area contributed by atoms with Gasteiger partial charge in [0, 0.05) is 21.8 Å². The van der Waals surface area contributed by atoms with Crippen LogP contribution >= 0.6 is 11.6 Å². The van der Waals surface area contributed by atoms with Crippen molar-refractivity contribution in [1.29, 1.82) is 0 Å². The Balaban J connectivity index is 1.63. The summed E-state index contributed by atoms with van der Waals surface area (Å²) in [5.41, 5.74) is 5.66. The van der Waals surface area contributed by atoms with Crippen LogP contribution in [0.2, 0.25) is 5.02 Å². The standard InChI is InChI=1S/C23H19ClN2O2/c1-3-15-5-8-16(9-6-15)22(27)25-19-12-17(7-4-14(19)2)23-26-20-13-18(24)10-11-21(20)28-23/h4-13H,3H2,1-2H3,(H,25,27). The summed E-state index contributed by atoms with van der Waals surface area (Å²) in [4.78, 5) is 17.1. The summed E-state index contributed by atoms with van der Waals surface area (Å²) >= 11 is 6.03. The minimum absolute atomic E-state index is 0.146. The molecule has 0 saturated carbocycles. The lowest BCUT2D eigenvalue weighted by Crippen LogP contribution is -2.12. The van der Waals surface area contributed by atoms with Crippen LogP contribution in [0.3, 0.4) is 0 Å². The van der Waals surface area contributed by atoms with Crippen molar-refractivity contribution in [2.75, 3.05) is 5.32 Å². The van der Waals surface area contributed by atoms with Gasteiger partial charge in [-0.2, -0.15) is 0 Å². The molecule has 0 saturated heterocycles. The SMILES string of the molecule is CCc1ccc(C(=O)Nc2cc(-c3nc4cc(Cl)ccc4o3)ccc2C)cc1. The summed E-state index contributed by atoms with van der Waals surface area (Å²) in [5, 5.41) is 3.60. The summed E-state index contributed by atoms with van der Waals surface area (Å²) in [7, 11) is 0. The maximum Gasteiger partial charge on any atom is 0.255 e. The van der Waals surface area contributed by atoms with Crippen LogP contribution in [0.1, 0.15) is 28.4 Å². The highest BCUT2D eigenvalue weighted by Gasteiger charge is 2.13. The van der Waals surface area contributed by atoms with Gasteiger partial charge in [0.15, 0.2) is 5.58 Å². The fourth-order valence-corrected chi connectivity index (χ4v) is 3.17. The zero-order valence-electron chi connectivity index (χ0n) is 15.6. The molecule has 4 rings (SSSR count). The van der Waals surface area contributed by atoms with E-state index in [4.69, 9.17) is 16.0 Å². The number of rotatable bonds is 4. The number of halogens is 1. The lowest BCUT2D eigenvalue weighted by molar-refractivity contribution is 0.102. The molecule has 1 amide bonds.